The maximum Gasteiger partial charge on any atom is 0.223 e. The number of likely N-dealkylation sites (N-methyl/N-ethyl adjacent to an activating group) is 1. The van der Waals surface area contributed by atoms with E-state index in [0.717, 1.165) is 31.9 Å². The van der Waals surface area contributed by atoms with Crippen molar-refractivity contribution in [3.05, 3.63) is 35.9 Å². The number of benzene rings is 1. The maximum absolute atomic E-state index is 11.6. The number of aliphatic imine (C=N–C) groups is 1. The molecule has 1 fully saturated rings. The van der Waals surface area contributed by atoms with Gasteiger partial charge in [0, 0.05) is 38.1 Å². The van der Waals surface area contributed by atoms with Gasteiger partial charge in [-0.1, -0.05) is 30.3 Å². The summed E-state index contributed by atoms with van der Waals surface area (Å²) in [5.41, 5.74) is 1.31. The number of rotatable bonds is 10. The summed E-state index contributed by atoms with van der Waals surface area (Å²) in [6, 6.07) is 10.8. The quantitative estimate of drug-likeness (QED) is 0.205. The lowest BCUT2D eigenvalue weighted by atomic mass is 10.2. The van der Waals surface area contributed by atoms with E-state index in [-0.39, 0.29) is 35.8 Å². The zero-order valence-electron chi connectivity index (χ0n) is 16.7. The standard InChI is InChI=1S/C20H33N5O.HI/c1-4-21-20(23-13-12-22-19(26)18-10-11-18)24-14-16(2)25(3)15-17-8-6-5-7-9-17;/h5-9,16,18H,4,10-15H2,1-3H3,(H,22,26)(H2,21,23,24);1H. The second kappa shape index (κ2) is 12.9. The van der Waals surface area contributed by atoms with E-state index in [1.807, 2.05) is 6.07 Å². The molecule has 0 aliphatic heterocycles. The first kappa shape index (κ1) is 23.7. The Hall–Kier alpha value is -1.35. The van der Waals surface area contributed by atoms with Gasteiger partial charge in [-0.2, -0.15) is 0 Å². The van der Waals surface area contributed by atoms with Crippen LogP contribution in [0.15, 0.2) is 35.3 Å². The Morgan fingerprint density at radius 1 is 1.19 bits per heavy atom. The first-order valence-electron chi connectivity index (χ1n) is 9.64. The van der Waals surface area contributed by atoms with Crippen LogP contribution in [0.5, 0.6) is 0 Å². The molecule has 1 atom stereocenters. The van der Waals surface area contributed by atoms with Gasteiger partial charge in [0.05, 0.1) is 6.54 Å². The maximum atomic E-state index is 11.6. The van der Waals surface area contributed by atoms with E-state index in [1.165, 1.54) is 5.56 Å². The van der Waals surface area contributed by atoms with Gasteiger partial charge < -0.3 is 16.0 Å². The SMILES string of the molecule is CCNC(=NCC(C)N(C)Cc1ccccc1)NCCNC(=O)C1CC1.I. The van der Waals surface area contributed by atoms with Gasteiger partial charge in [-0.05, 0) is 39.3 Å². The summed E-state index contributed by atoms with van der Waals surface area (Å²) < 4.78 is 0. The van der Waals surface area contributed by atoms with Crippen molar-refractivity contribution in [2.24, 2.45) is 10.9 Å². The van der Waals surface area contributed by atoms with Crippen LogP contribution < -0.4 is 16.0 Å². The number of guanidine groups is 1. The molecule has 0 aromatic heterocycles. The van der Waals surface area contributed by atoms with E-state index in [0.29, 0.717) is 25.7 Å². The number of halogens is 1. The molecule has 1 saturated carbocycles. The molecule has 2 rings (SSSR count). The molecule has 152 valence electrons. The second-order valence-electron chi connectivity index (χ2n) is 6.96. The first-order valence-corrected chi connectivity index (χ1v) is 9.64. The Kier molecular flexibility index (Phi) is 11.3. The minimum absolute atomic E-state index is 0. The predicted octanol–water partition coefficient (Wildman–Crippen LogP) is 2.21. The highest BCUT2D eigenvalue weighted by atomic mass is 127. The number of nitrogens with zero attached hydrogens (tertiary/aromatic N) is 2. The third kappa shape index (κ3) is 9.41. The molecule has 1 unspecified atom stereocenters. The molecule has 0 spiro atoms. The monoisotopic (exact) mass is 487 g/mol. The van der Waals surface area contributed by atoms with Crippen molar-refractivity contribution >= 4 is 35.8 Å². The summed E-state index contributed by atoms with van der Waals surface area (Å²) in [5, 5.41) is 9.50. The average molecular weight is 487 g/mol. The largest absolute Gasteiger partial charge is 0.357 e. The van der Waals surface area contributed by atoms with Crippen molar-refractivity contribution in [3.63, 3.8) is 0 Å². The molecule has 3 N–H and O–H groups in total. The summed E-state index contributed by atoms with van der Waals surface area (Å²) in [6.45, 7) is 7.99. The third-order valence-corrected chi connectivity index (χ3v) is 4.55. The van der Waals surface area contributed by atoms with Crippen molar-refractivity contribution in [3.8, 4) is 0 Å². The molecule has 1 aromatic carbocycles. The van der Waals surface area contributed by atoms with Gasteiger partial charge in [-0.15, -0.1) is 24.0 Å². The smallest absolute Gasteiger partial charge is 0.223 e. The van der Waals surface area contributed by atoms with E-state index in [9.17, 15) is 4.79 Å². The van der Waals surface area contributed by atoms with Gasteiger partial charge in [0.15, 0.2) is 5.96 Å². The lowest BCUT2D eigenvalue weighted by Gasteiger charge is -2.24. The van der Waals surface area contributed by atoms with Gasteiger partial charge in [0.25, 0.3) is 0 Å². The van der Waals surface area contributed by atoms with Crippen LogP contribution in [0, 0.1) is 5.92 Å². The summed E-state index contributed by atoms with van der Waals surface area (Å²) in [6.07, 6.45) is 2.08. The van der Waals surface area contributed by atoms with Gasteiger partial charge in [0.1, 0.15) is 0 Å². The summed E-state index contributed by atoms with van der Waals surface area (Å²) in [4.78, 5) is 18.6. The Balaban J connectivity index is 0.00000364. The molecule has 0 radical (unpaired) electrons. The highest BCUT2D eigenvalue weighted by molar-refractivity contribution is 14.0. The van der Waals surface area contributed by atoms with Gasteiger partial charge in [0.2, 0.25) is 5.91 Å². The second-order valence-corrected chi connectivity index (χ2v) is 6.96. The molecule has 1 amide bonds. The molecule has 1 aromatic rings. The molecule has 1 aliphatic carbocycles. The molecule has 0 heterocycles. The normalized spacial score (nSPS) is 15.0. The van der Waals surface area contributed by atoms with Crippen molar-refractivity contribution in [2.45, 2.75) is 39.3 Å². The molecule has 0 bridgehead atoms. The van der Waals surface area contributed by atoms with Crippen molar-refractivity contribution in [1.29, 1.82) is 0 Å². The zero-order valence-corrected chi connectivity index (χ0v) is 19.0. The Morgan fingerprint density at radius 2 is 1.85 bits per heavy atom. The highest BCUT2D eigenvalue weighted by Crippen LogP contribution is 2.28. The molecule has 27 heavy (non-hydrogen) atoms. The molecule has 1 aliphatic rings. The number of carbonyl (C=O) groups is 1. The van der Waals surface area contributed by atoms with E-state index in [1.54, 1.807) is 0 Å². The number of hydrogen-bond acceptors (Lipinski definition) is 3. The Morgan fingerprint density at radius 3 is 2.48 bits per heavy atom. The third-order valence-electron chi connectivity index (χ3n) is 4.55. The summed E-state index contributed by atoms with van der Waals surface area (Å²) in [7, 11) is 2.13. The van der Waals surface area contributed by atoms with Crippen LogP contribution in [-0.4, -0.2) is 56.0 Å². The fourth-order valence-corrected chi connectivity index (χ4v) is 2.59. The lowest BCUT2D eigenvalue weighted by Crippen LogP contribution is -2.42. The fraction of sp³-hybridized carbons (Fsp3) is 0.600. The highest BCUT2D eigenvalue weighted by Gasteiger charge is 2.28. The molecular formula is C20H34IN5O. The van der Waals surface area contributed by atoms with Crippen LogP contribution in [-0.2, 0) is 11.3 Å². The van der Waals surface area contributed by atoms with E-state index < -0.39 is 0 Å². The number of nitrogens with one attached hydrogen (secondary N) is 3. The number of carbonyl (C=O) groups excluding carboxylic acids is 1. The van der Waals surface area contributed by atoms with Crippen LogP contribution in [0.1, 0.15) is 32.3 Å². The lowest BCUT2D eigenvalue weighted by molar-refractivity contribution is -0.122. The van der Waals surface area contributed by atoms with Crippen LogP contribution in [0.2, 0.25) is 0 Å². The summed E-state index contributed by atoms with van der Waals surface area (Å²) in [5.74, 6) is 1.25. The topological polar surface area (TPSA) is 68.8 Å². The minimum Gasteiger partial charge on any atom is -0.357 e. The Bertz CT molecular complexity index is 577. The van der Waals surface area contributed by atoms with E-state index in [2.05, 4.69) is 71.0 Å². The van der Waals surface area contributed by atoms with Gasteiger partial charge in [-0.3, -0.25) is 14.7 Å². The molecule has 0 saturated heterocycles. The van der Waals surface area contributed by atoms with E-state index in [4.69, 9.17) is 0 Å². The predicted molar refractivity (Wildman–Crippen MR) is 123 cm³/mol. The number of amides is 1. The minimum atomic E-state index is 0. The molecule has 7 heteroatoms. The van der Waals surface area contributed by atoms with E-state index >= 15 is 0 Å². The first-order chi connectivity index (χ1) is 12.6. The van der Waals surface area contributed by atoms with Gasteiger partial charge >= 0.3 is 0 Å². The van der Waals surface area contributed by atoms with Crippen molar-refractivity contribution < 1.29 is 4.79 Å². The van der Waals surface area contributed by atoms with Gasteiger partial charge in [-0.25, -0.2) is 0 Å². The zero-order chi connectivity index (χ0) is 18.8. The van der Waals surface area contributed by atoms with Crippen molar-refractivity contribution in [2.75, 3.05) is 33.2 Å². The molecular weight excluding hydrogens is 453 g/mol. The van der Waals surface area contributed by atoms with Crippen LogP contribution in [0.3, 0.4) is 0 Å². The Labute approximate surface area is 180 Å². The molecule has 6 nitrogen and oxygen atoms in total. The average Bonchev–Trinajstić information content (AvgIpc) is 3.48. The van der Waals surface area contributed by atoms with Crippen LogP contribution in [0.25, 0.3) is 0 Å². The van der Waals surface area contributed by atoms with Crippen LogP contribution in [0.4, 0.5) is 0 Å². The fourth-order valence-electron chi connectivity index (χ4n) is 2.59. The number of hydrogen-bond donors (Lipinski definition) is 3. The van der Waals surface area contributed by atoms with Crippen molar-refractivity contribution in [1.82, 2.24) is 20.9 Å². The summed E-state index contributed by atoms with van der Waals surface area (Å²) >= 11 is 0. The van der Waals surface area contributed by atoms with Crippen LogP contribution >= 0.6 is 24.0 Å².